The summed E-state index contributed by atoms with van der Waals surface area (Å²) in [5, 5.41) is 2.74. The van der Waals surface area contributed by atoms with Crippen molar-refractivity contribution in [3.05, 3.63) is 120 Å². The van der Waals surface area contributed by atoms with Crippen LogP contribution in [0.1, 0.15) is 75.1 Å². The maximum absolute atomic E-state index is 13.5. The standard InChI is InChI=1S/C39H43F3N4O3/c1-38(2,3)49-37(48)46(35-12-5-4-6-13-35)27-28-14-16-31(17-15-28)32-11-7-9-29(23-32)25-45(26-30-10-8-22-43-24-30)36(47)44-34-20-18-33(19-21-34)39(40,41)42/h7-11,14-24,35H,4-6,12-13,25-27H2,1-3H3,(H,44,47). The van der Waals surface area contributed by atoms with E-state index in [1.54, 1.807) is 23.4 Å². The average molecular weight is 673 g/mol. The molecule has 1 aliphatic rings. The highest BCUT2D eigenvalue weighted by atomic mass is 19.4. The van der Waals surface area contributed by atoms with E-state index >= 15 is 0 Å². The van der Waals surface area contributed by atoms with Crippen LogP contribution >= 0.6 is 0 Å². The number of rotatable bonds is 9. The van der Waals surface area contributed by atoms with Gasteiger partial charge in [-0.3, -0.25) is 4.98 Å². The molecule has 0 radical (unpaired) electrons. The molecule has 0 aliphatic heterocycles. The Morgan fingerprint density at radius 3 is 2.10 bits per heavy atom. The van der Waals surface area contributed by atoms with Gasteiger partial charge in [0.2, 0.25) is 0 Å². The number of halogens is 3. The summed E-state index contributed by atoms with van der Waals surface area (Å²) in [7, 11) is 0. The molecule has 1 aliphatic carbocycles. The third-order valence-corrected chi connectivity index (χ3v) is 8.43. The number of benzene rings is 3. The van der Waals surface area contributed by atoms with Crippen molar-refractivity contribution in [2.45, 2.75) is 90.3 Å². The minimum atomic E-state index is -4.46. The minimum Gasteiger partial charge on any atom is -0.444 e. The van der Waals surface area contributed by atoms with Crippen LogP contribution in [-0.4, -0.2) is 38.6 Å². The van der Waals surface area contributed by atoms with E-state index < -0.39 is 23.4 Å². The topological polar surface area (TPSA) is 74.8 Å². The first-order valence-corrected chi connectivity index (χ1v) is 16.6. The number of hydrogen-bond donors (Lipinski definition) is 1. The highest BCUT2D eigenvalue weighted by molar-refractivity contribution is 5.89. The van der Waals surface area contributed by atoms with E-state index in [1.165, 1.54) is 18.6 Å². The molecule has 4 aromatic rings. The summed E-state index contributed by atoms with van der Waals surface area (Å²) in [6, 6.07) is 23.8. The number of ether oxygens (including phenoxy) is 1. The first-order chi connectivity index (χ1) is 23.3. The second-order valence-electron chi connectivity index (χ2n) is 13.5. The van der Waals surface area contributed by atoms with Crippen LogP contribution in [0.5, 0.6) is 0 Å². The normalized spacial score (nSPS) is 13.8. The van der Waals surface area contributed by atoms with Crippen molar-refractivity contribution < 1.29 is 27.5 Å². The van der Waals surface area contributed by atoms with Crippen LogP contribution in [0.25, 0.3) is 11.1 Å². The fourth-order valence-electron chi connectivity index (χ4n) is 5.98. The lowest BCUT2D eigenvalue weighted by Crippen LogP contribution is -2.43. The predicted molar refractivity (Wildman–Crippen MR) is 184 cm³/mol. The minimum absolute atomic E-state index is 0.158. The Morgan fingerprint density at radius 2 is 1.47 bits per heavy atom. The molecule has 0 unspecified atom stereocenters. The molecule has 1 aromatic heterocycles. The van der Waals surface area contributed by atoms with Crippen molar-refractivity contribution in [2.75, 3.05) is 5.32 Å². The number of anilines is 1. The van der Waals surface area contributed by atoms with Gasteiger partial charge in [-0.1, -0.05) is 67.8 Å². The quantitative estimate of drug-likeness (QED) is 0.192. The second kappa shape index (κ2) is 15.6. The largest absolute Gasteiger partial charge is 0.444 e. The van der Waals surface area contributed by atoms with Crippen molar-refractivity contribution in [3.63, 3.8) is 0 Å². The third-order valence-electron chi connectivity index (χ3n) is 8.43. The number of aromatic nitrogens is 1. The van der Waals surface area contributed by atoms with Crippen molar-refractivity contribution in [2.24, 2.45) is 0 Å². The maximum Gasteiger partial charge on any atom is 0.416 e. The van der Waals surface area contributed by atoms with E-state index in [-0.39, 0.29) is 30.9 Å². The van der Waals surface area contributed by atoms with Gasteiger partial charge in [-0.15, -0.1) is 0 Å². The SMILES string of the molecule is CC(C)(C)OC(=O)N(Cc1ccc(-c2cccc(CN(Cc3cccnc3)C(=O)Nc3ccc(C(F)(F)F)cc3)c2)cc1)C1CCCCC1. The molecule has 5 rings (SSSR count). The smallest absolute Gasteiger partial charge is 0.416 e. The van der Waals surface area contributed by atoms with Gasteiger partial charge in [-0.2, -0.15) is 13.2 Å². The van der Waals surface area contributed by atoms with E-state index in [9.17, 15) is 22.8 Å². The Bertz CT molecular complexity index is 1680. The van der Waals surface area contributed by atoms with E-state index in [2.05, 4.69) is 10.3 Å². The van der Waals surface area contributed by atoms with Crippen molar-refractivity contribution in [3.8, 4) is 11.1 Å². The van der Waals surface area contributed by atoms with Crippen LogP contribution in [0.3, 0.4) is 0 Å². The van der Waals surface area contributed by atoms with Crippen LogP contribution in [0, 0.1) is 0 Å². The highest BCUT2D eigenvalue weighted by Gasteiger charge is 2.31. The lowest BCUT2D eigenvalue weighted by Gasteiger charge is -2.35. The lowest BCUT2D eigenvalue weighted by molar-refractivity contribution is -0.137. The van der Waals surface area contributed by atoms with Gasteiger partial charge in [0.15, 0.2) is 0 Å². The molecule has 1 saturated carbocycles. The number of nitrogens with zero attached hydrogens (tertiary/aromatic N) is 3. The van der Waals surface area contributed by atoms with Gasteiger partial charge in [-0.05, 0) is 97.8 Å². The number of alkyl halides is 3. The van der Waals surface area contributed by atoms with Gasteiger partial charge < -0.3 is 19.9 Å². The number of nitrogens with one attached hydrogen (secondary N) is 1. The number of carbonyl (C=O) groups is 2. The van der Waals surface area contributed by atoms with Crippen molar-refractivity contribution in [1.29, 1.82) is 0 Å². The zero-order valence-electron chi connectivity index (χ0n) is 28.2. The predicted octanol–water partition coefficient (Wildman–Crippen LogP) is 10.1. The van der Waals surface area contributed by atoms with Crippen LogP contribution in [-0.2, 0) is 30.5 Å². The first-order valence-electron chi connectivity index (χ1n) is 16.6. The fourth-order valence-corrected chi connectivity index (χ4v) is 5.98. The molecule has 1 N–H and O–H groups in total. The number of urea groups is 1. The van der Waals surface area contributed by atoms with Crippen LogP contribution < -0.4 is 5.32 Å². The van der Waals surface area contributed by atoms with Crippen molar-refractivity contribution in [1.82, 2.24) is 14.8 Å². The molecule has 0 saturated heterocycles. The Morgan fingerprint density at radius 1 is 0.796 bits per heavy atom. The number of amides is 3. The molecular formula is C39H43F3N4O3. The van der Waals surface area contributed by atoms with E-state index in [4.69, 9.17) is 4.74 Å². The van der Waals surface area contributed by atoms with Gasteiger partial charge in [0.1, 0.15) is 5.60 Å². The number of pyridine rings is 1. The Labute approximate surface area is 286 Å². The molecule has 0 atom stereocenters. The Hall–Kier alpha value is -4.86. The molecule has 0 spiro atoms. The number of hydrogen-bond acceptors (Lipinski definition) is 4. The molecule has 258 valence electrons. The molecule has 1 heterocycles. The van der Waals surface area contributed by atoms with E-state index in [1.807, 2.05) is 80.3 Å². The number of carbonyl (C=O) groups excluding carboxylic acids is 2. The van der Waals surface area contributed by atoms with Crippen LogP contribution in [0.2, 0.25) is 0 Å². The molecule has 3 aromatic carbocycles. The summed E-state index contributed by atoms with van der Waals surface area (Å²) in [4.78, 5) is 34.3. The zero-order valence-corrected chi connectivity index (χ0v) is 28.2. The van der Waals surface area contributed by atoms with Gasteiger partial charge in [0.05, 0.1) is 5.56 Å². The van der Waals surface area contributed by atoms with Gasteiger partial charge in [0.25, 0.3) is 0 Å². The highest BCUT2D eigenvalue weighted by Crippen LogP contribution is 2.30. The second-order valence-corrected chi connectivity index (χ2v) is 13.5. The molecule has 10 heteroatoms. The average Bonchev–Trinajstić information content (AvgIpc) is 3.07. The summed E-state index contributed by atoms with van der Waals surface area (Å²) >= 11 is 0. The van der Waals surface area contributed by atoms with E-state index in [0.717, 1.165) is 65.6 Å². The first kappa shape index (κ1) is 35.4. The zero-order chi connectivity index (χ0) is 35.0. The summed E-state index contributed by atoms with van der Waals surface area (Å²) < 4.78 is 44.9. The molecule has 3 amide bonds. The Kier molecular flexibility index (Phi) is 11.3. The molecule has 1 fully saturated rings. The van der Waals surface area contributed by atoms with Crippen molar-refractivity contribution >= 4 is 17.8 Å². The third kappa shape index (κ3) is 10.3. The summed E-state index contributed by atoms with van der Waals surface area (Å²) in [5.74, 6) is 0. The lowest BCUT2D eigenvalue weighted by atomic mass is 9.94. The maximum atomic E-state index is 13.5. The van der Waals surface area contributed by atoms with Gasteiger partial charge >= 0.3 is 18.3 Å². The molecular weight excluding hydrogens is 629 g/mol. The summed E-state index contributed by atoms with van der Waals surface area (Å²) in [6.07, 6.45) is 3.94. The van der Waals surface area contributed by atoms with Gasteiger partial charge in [0, 0.05) is 43.8 Å². The molecule has 49 heavy (non-hydrogen) atoms. The van der Waals surface area contributed by atoms with Gasteiger partial charge in [-0.25, -0.2) is 9.59 Å². The Balaban J connectivity index is 1.31. The molecule has 0 bridgehead atoms. The fraction of sp³-hybridized carbons (Fsp3) is 0.359. The monoisotopic (exact) mass is 672 g/mol. The van der Waals surface area contributed by atoms with Crippen LogP contribution in [0.4, 0.5) is 28.4 Å². The van der Waals surface area contributed by atoms with E-state index in [0.29, 0.717) is 6.54 Å². The summed E-state index contributed by atoms with van der Waals surface area (Å²) in [6.45, 7) is 6.62. The molecule has 7 nitrogen and oxygen atoms in total. The summed E-state index contributed by atoms with van der Waals surface area (Å²) in [5.41, 5.74) is 3.55. The van der Waals surface area contributed by atoms with Crippen LogP contribution in [0.15, 0.2) is 97.3 Å².